The van der Waals surface area contributed by atoms with E-state index in [2.05, 4.69) is 33.8 Å². The van der Waals surface area contributed by atoms with Crippen molar-refractivity contribution in [1.82, 2.24) is 19.9 Å². The largest absolute Gasteiger partial charge is 0.383 e. The number of piperazine rings is 1. The van der Waals surface area contributed by atoms with Gasteiger partial charge in [-0.3, -0.25) is 9.80 Å². The van der Waals surface area contributed by atoms with Gasteiger partial charge in [0.1, 0.15) is 0 Å². The van der Waals surface area contributed by atoms with E-state index >= 15 is 0 Å². The maximum atomic E-state index is 5.51. The maximum absolute atomic E-state index is 5.51. The highest BCUT2D eigenvalue weighted by molar-refractivity contribution is 5.05. The normalized spacial score (nSPS) is 25.5. The summed E-state index contributed by atoms with van der Waals surface area (Å²) in [6.07, 6.45) is 3.58. The molecule has 124 valence electrons. The first-order valence-corrected chi connectivity index (χ1v) is 8.53. The lowest BCUT2D eigenvalue weighted by Crippen LogP contribution is -2.54. The third-order valence-corrected chi connectivity index (χ3v) is 5.00. The van der Waals surface area contributed by atoms with Gasteiger partial charge in [0.2, 0.25) is 5.89 Å². The summed E-state index contributed by atoms with van der Waals surface area (Å²) < 4.78 is 10.7. The molecule has 22 heavy (non-hydrogen) atoms. The molecule has 1 aliphatic carbocycles. The number of rotatable bonds is 7. The number of methoxy groups -OCH3 is 1. The number of nitrogens with zero attached hydrogens (tertiary/aromatic N) is 4. The molecular formula is C16H28N4O2. The van der Waals surface area contributed by atoms with E-state index in [0.717, 1.165) is 50.9 Å². The average Bonchev–Trinajstić information content (AvgIpc) is 3.29. The maximum Gasteiger partial charge on any atom is 0.243 e. The Balaban J connectivity index is 1.59. The molecule has 2 heterocycles. The summed E-state index contributed by atoms with van der Waals surface area (Å²) >= 11 is 0. The zero-order valence-corrected chi connectivity index (χ0v) is 14.0. The minimum atomic E-state index is 0.207. The predicted octanol–water partition coefficient (Wildman–Crippen LogP) is 2.05. The molecule has 0 radical (unpaired) electrons. The first kappa shape index (κ1) is 15.9. The van der Waals surface area contributed by atoms with Gasteiger partial charge in [0.25, 0.3) is 0 Å². The van der Waals surface area contributed by atoms with Crippen LogP contribution in [-0.4, -0.2) is 65.9 Å². The van der Waals surface area contributed by atoms with Crippen molar-refractivity contribution in [3.05, 3.63) is 11.7 Å². The molecular weight excluding hydrogens is 280 g/mol. The van der Waals surface area contributed by atoms with Crippen molar-refractivity contribution in [3.63, 3.8) is 0 Å². The molecule has 1 saturated carbocycles. The lowest BCUT2D eigenvalue weighted by Gasteiger charge is -2.42. The van der Waals surface area contributed by atoms with Gasteiger partial charge in [-0.1, -0.05) is 12.1 Å². The Kier molecular flexibility index (Phi) is 5.10. The molecule has 1 aromatic rings. The van der Waals surface area contributed by atoms with Crippen molar-refractivity contribution in [2.45, 2.75) is 51.1 Å². The van der Waals surface area contributed by atoms with Crippen LogP contribution in [-0.2, 0) is 4.74 Å². The van der Waals surface area contributed by atoms with E-state index in [9.17, 15) is 0 Å². The molecule has 6 heteroatoms. The van der Waals surface area contributed by atoms with Gasteiger partial charge in [0, 0.05) is 45.2 Å². The topological polar surface area (TPSA) is 54.6 Å². The van der Waals surface area contributed by atoms with Crippen molar-refractivity contribution in [2.24, 2.45) is 0 Å². The fraction of sp³-hybridized carbons (Fsp3) is 0.875. The van der Waals surface area contributed by atoms with Crippen LogP contribution in [0.3, 0.4) is 0 Å². The van der Waals surface area contributed by atoms with E-state index in [1.54, 1.807) is 7.11 Å². The molecule has 2 unspecified atom stereocenters. The Bertz CT molecular complexity index is 474. The van der Waals surface area contributed by atoms with Crippen LogP contribution in [0.25, 0.3) is 0 Å². The van der Waals surface area contributed by atoms with Crippen LogP contribution in [0.4, 0.5) is 0 Å². The van der Waals surface area contributed by atoms with Crippen molar-refractivity contribution >= 4 is 0 Å². The summed E-state index contributed by atoms with van der Waals surface area (Å²) in [5.41, 5.74) is 0. The van der Waals surface area contributed by atoms with Gasteiger partial charge < -0.3 is 9.26 Å². The van der Waals surface area contributed by atoms with E-state index < -0.39 is 0 Å². The molecule has 0 spiro atoms. The molecule has 2 atom stereocenters. The van der Waals surface area contributed by atoms with E-state index in [-0.39, 0.29) is 6.04 Å². The summed E-state index contributed by atoms with van der Waals surface area (Å²) in [7, 11) is 1.77. The zero-order chi connectivity index (χ0) is 15.5. The second-order valence-corrected chi connectivity index (χ2v) is 6.53. The first-order chi connectivity index (χ1) is 10.7. The van der Waals surface area contributed by atoms with Crippen LogP contribution >= 0.6 is 0 Å². The molecule has 2 fully saturated rings. The Labute approximate surface area is 132 Å². The highest BCUT2D eigenvalue weighted by atomic mass is 16.5. The minimum absolute atomic E-state index is 0.207. The first-order valence-electron chi connectivity index (χ1n) is 8.53. The van der Waals surface area contributed by atoms with Crippen molar-refractivity contribution in [2.75, 3.05) is 39.9 Å². The van der Waals surface area contributed by atoms with E-state index in [1.807, 2.05) is 0 Å². The highest BCUT2D eigenvalue weighted by Crippen LogP contribution is 2.38. The second kappa shape index (κ2) is 7.06. The van der Waals surface area contributed by atoms with Gasteiger partial charge >= 0.3 is 0 Å². The van der Waals surface area contributed by atoms with Crippen molar-refractivity contribution in [3.8, 4) is 0 Å². The molecule has 2 aliphatic rings. The third-order valence-electron chi connectivity index (χ3n) is 5.00. The number of aromatic nitrogens is 2. The van der Waals surface area contributed by atoms with Crippen LogP contribution in [0.1, 0.15) is 56.8 Å². The molecule has 0 bridgehead atoms. The van der Waals surface area contributed by atoms with Gasteiger partial charge in [-0.25, -0.2) is 0 Å². The van der Waals surface area contributed by atoms with Crippen LogP contribution in [0.15, 0.2) is 4.52 Å². The molecule has 1 saturated heterocycles. The van der Waals surface area contributed by atoms with Gasteiger partial charge in [-0.05, 0) is 26.2 Å². The van der Waals surface area contributed by atoms with Crippen molar-refractivity contribution < 1.29 is 9.26 Å². The Hall–Kier alpha value is -0.980. The van der Waals surface area contributed by atoms with Crippen LogP contribution in [0, 0.1) is 0 Å². The average molecular weight is 308 g/mol. The van der Waals surface area contributed by atoms with Crippen LogP contribution in [0.5, 0.6) is 0 Å². The van der Waals surface area contributed by atoms with Gasteiger partial charge in [-0.2, -0.15) is 4.98 Å². The quantitative estimate of drug-likeness (QED) is 0.768. The van der Waals surface area contributed by atoms with Gasteiger partial charge in [0.15, 0.2) is 5.82 Å². The third kappa shape index (κ3) is 3.50. The smallest absolute Gasteiger partial charge is 0.243 e. The molecule has 6 nitrogen and oxygen atoms in total. The lowest BCUT2D eigenvalue weighted by molar-refractivity contribution is 0.0267. The minimum Gasteiger partial charge on any atom is -0.383 e. The number of hydrogen-bond donors (Lipinski definition) is 0. The molecule has 1 aliphatic heterocycles. The van der Waals surface area contributed by atoms with Crippen LogP contribution < -0.4 is 0 Å². The number of ether oxygens (including phenoxy) is 1. The fourth-order valence-electron chi connectivity index (χ4n) is 3.24. The summed E-state index contributed by atoms with van der Waals surface area (Å²) in [4.78, 5) is 9.63. The molecule has 0 N–H and O–H groups in total. The zero-order valence-electron chi connectivity index (χ0n) is 14.0. The molecule has 3 rings (SSSR count). The Morgan fingerprint density at radius 1 is 1.36 bits per heavy atom. The van der Waals surface area contributed by atoms with E-state index in [4.69, 9.17) is 9.26 Å². The van der Waals surface area contributed by atoms with E-state index in [1.165, 1.54) is 12.8 Å². The number of hydrogen-bond acceptors (Lipinski definition) is 6. The Morgan fingerprint density at radius 2 is 2.18 bits per heavy atom. The fourth-order valence-corrected chi connectivity index (χ4v) is 3.24. The lowest BCUT2D eigenvalue weighted by atomic mass is 10.1. The van der Waals surface area contributed by atoms with E-state index in [0.29, 0.717) is 12.0 Å². The highest BCUT2D eigenvalue weighted by Gasteiger charge is 2.33. The molecule has 0 aromatic carbocycles. The van der Waals surface area contributed by atoms with Crippen LogP contribution in [0.2, 0.25) is 0 Å². The monoisotopic (exact) mass is 308 g/mol. The standard InChI is InChI=1S/C16H28N4O2/c1-4-14-11-20(8-7-19(14)9-10-21-3)12(2)16-17-15(18-22-16)13-5-6-13/h12-14H,4-11H2,1-3H3. The van der Waals surface area contributed by atoms with Crippen molar-refractivity contribution in [1.29, 1.82) is 0 Å². The molecule has 0 amide bonds. The summed E-state index contributed by atoms with van der Waals surface area (Å²) in [5.74, 6) is 2.24. The van der Waals surface area contributed by atoms with Gasteiger partial charge in [0.05, 0.1) is 12.6 Å². The molecule has 1 aromatic heterocycles. The SMILES string of the molecule is CCC1CN(C(C)c2nc(C3CC3)no2)CCN1CCOC. The summed E-state index contributed by atoms with van der Waals surface area (Å²) in [6, 6.07) is 0.788. The summed E-state index contributed by atoms with van der Waals surface area (Å²) in [6.45, 7) is 9.45. The summed E-state index contributed by atoms with van der Waals surface area (Å²) in [5, 5.41) is 4.15. The predicted molar refractivity (Wildman–Crippen MR) is 83.8 cm³/mol. The van der Waals surface area contributed by atoms with Gasteiger partial charge in [-0.15, -0.1) is 0 Å². The second-order valence-electron chi connectivity index (χ2n) is 6.53. The Morgan fingerprint density at radius 3 is 2.86 bits per heavy atom.